The molecule has 0 saturated heterocycles. The van der Waals surface area contributed by atoms with E-state index in [9.17, 15) is 0 Å². The lowest BCUT2D eigenvalue weighted by Crippen LogP contribution is -2.03. The number of para-hydroxylation sites is 1. The molecule has 0 bridgehead atoms. The van der Waals surface area contributed by atoms with E-state index in [1.165, 1.54) is 0 Å². The SMILES string of the molecule is c1ccc(OCc2nc(CSc3nnnn3Cc3ccco3)cs2)cc1. The van der Waals surface area contributed by atoms with E-state index in [-0.39, 0.29) is 0 Å². The summed E-state index contributed by atoms with van der Waals surface area (Å²) < 4.78 is 12.8. The van der Waals surface area contributed by atoms with Gasteiger partial charge in [0, 0.05) is 11.1 Å². The van der Waals surface area contributed by atoms with Crippen LogP contribution in [-0.4, -0.2) is 25.2 Å². The predicted octanol–water partition coefficient (Wildman–Crippen LogP) is 3.64. The van der Waals surface area contributed by atoms with Crippen molar-refractivity contribution < 1.29 is 9.15 Å². The van der Waals surface area contributed by atoms with Gasteiger partial charge in [-0.05, 0) is 34.7 Å². The van der Waals surface area contributed by atoms with E-state index in [1.807, 2.05) is 47.8 Å². The Labute approximate surface area is 158 Å². The van der Waals surface area contributed by atoms with Gasteiger partial charge in [0.15, 0.2) is 0 Å². The van der Waals surface area contributed by atoms with E-state index >= 15 is 0 Å². The van der Waals surface area contributed by atoms with Crippen molar-refractivity contribution in [1.29, 1.82) is 0 Å². The number of rotatable bonds is 8. The van der Waals surface area contributed by atoms with Crippen molar-refractivity contribution in [3.63, 3.8) is 0 Å². The summed E-state index contributed by atoms with van der Waals surface area (Å²) in [5.41, 5.74) is 0.985. The first kappa shape index (κ1) is 16.8. The maximum absolute atomic E-state index is 5.73. The lowest BCUT2D eigenvalue weighted by atomic mass is 10.3. The van der Waals surface area contributed by atoms with E-state index < -0.39 is 0 Å². The zero-order valence-corrected chi connectivity index (χ0v) is 15.3. The molecule has 0 unspecified atom stereocenters. The molecule has 3 heterocycles. The first-order valence-corrected chi connectivity index (χ1v) is 9.76. The summed E-state index contributed by atoms with van der Waals surface area (Å²) in [6, 6.07) is 13.5. The normalized spacial score (nSPS) is 10.9. The van der Waals surface area contributed by atoms with E-state index in [1.54, 1.807) is 34.0 Å². The molecule has 0 saturated carbocycles. The molecule has 0 spiro atoms. The van der Waals surface area contributed by atoms with Crippen molar-refractivity contribution >= 4 is 23.1 Å². The summed E-state index contributed by atoms with van der Waals surface area (Å²) in [7, 11) is 0. The Morgan fingerprint density at radius 2 is 2.08 bits per heavy atom. The standard InChI is InChI=1S/C17H15N5O2S2/c1-2-5-14(6-3-1)24-10-16-18-13(11-25-16)12-26-17-19-20-21-22(17)9-15-7-4-8-23-15/h1-8,11H,9-10,12H2. The Bertz CT molecular complexity index is 937. The minimum Gasteiger partial charge on any atom is -0.486 e. The van der Waals surface area contributed by atoms with E-state index in [2.05, 4.69) is 20.5 Å². The average Bonchev–Trinajstić information content (AvgIpc) is 3.42. The molecular formula is C17H15N5O2S2. The minimum atomic E-state index is 0.468. The fraction of sp³-hybridized carbons (Fsp3) is 0.176. The maximum atomic E-state index is 5.73. The van der Waals surface area contributed by atoms with Crippen LogP contribution >= 0.6 is 23.1 Å². The molecule has 132 valence electrons. The summed E-state index contributed by atoms with van der Waals surface area (Å²) in [6.45, 7) is 0.977. The van der Waals surface area contributed by atoms with E-state index in [0.717, 1.165) is 27.4 Å². The molecule has 0 radical (unpaired) electrons. The molecular weight excluding hydrogens is 370 g/mol. The van der Waals surface area contributed by atoms with Gasteiger partial charge in [0.25, 0.3) is 0 Å². The summed E-state index contributed by atoms with van der Waals surface area (Å²) in [6.07, 6.45) is 1.64. The van der Waals surface area contributed by atoms with Crippen LogP contribution in [0, 0.1) is 0 Å². The molecule has 1 aromatic carbocycles. The van der Waals surface area contributed by atoms with Gasteiger partial charge in [-0.3, -0.25) is 0 Å². The number of hydrogen-bond donors (Lipinski definition) is 0. The molecule has 9 heteroatoms. The Kier molecular flexibility index (Phi) is 5.27. The number of benzene rings is 1. The fourth-order valence-electron chi connectivity index (χ4n) is 2.23. The molecule has 0 N–H and O–H groups in total. The molecule has 0 aliphatic carbocycles. The summed E-state index contributed by atoms with van der Waals surface area (Å²) in [5, 5.41) is 15.5. The van der Waals surface area contributed by atoms with Crippen LogP contribution < -0.4 is 4.74 Å². The van der Waals surface area contributed by atoms with Crippen LogP contribution in [0.15, 0.2) is 63.7 Å². The van der Waals surface area contributed by atoms with Crippen LogP contribution in [0.2, 0.25) is 0 Å². The van der Waals surface area contributed by atoms with Crippen LogP contribution in [0.3, 0.4) is 0 Å². The van der Waals surface area contributed by atoms with E-state index in [4.69, 9.17) is 9.15 Å². The highest BCUT2D eigenvalue weighted by atomic mass is 32.2. The van der Waals surface area contributed by atoms with Gasteiger partial charge in [-0.15, -0.1) is 16.4 Å². The van der Waals surface area contributed by atoms with Crippen LogP contribution in [0.1, 0.15) is 16.5 Å². The Hall–Kier alpha value is -2.65. The number of thiazole rings is 1. The van der Waals surface area contributed by atoms with Crippen molar-refractivity contribution in [3.8, 4) is 5.75 Å². The monoisotopic (exact) mass is 385 g/mol. The molecule has 0 fully saturated rings. The third kappa shape index (κ3) is 4.30. The van der Waals surface area contributed by atoms with Crippen molar-refractivity contribution in [1.82, 2.24) is 25.2 Å². The van der Waals surface area contributed by atoms with Gasteiger partial charge in [-0.2, -0.15) is 0 Å². The summed E-state index contributed by atoms with van der Waals surface area (Å²) >= 11 is 3.14. The molecule has 0 amide bonds. The van der Waals surface area contributed by atoms with Gasteiger partial charge in [0.2, 0.25) is 5.16 Å². The number of aromatic nitrogens is 5. The number of tetrazole rings is 1. The molecule has 26 heavy (non-hydrogen) atoms. The van der Waals surface area contributed by atoms with Crippen molar-refractivity contribution in [3.05, 3.63) is 70.6 Å². The largest absolute Gasteiger partial charge is 0.486 e. The zero-order chi connectivity index (χ0) is 17.6. The Morgan fingerprint density at radius 3 is 2.92 bits per heavy atom. The molecule has 0 aliphatic heterocycles. The van der Waals surface area contributed by atoms with Crippen LogP contribution in [-0.2, 0) is 18.9 Å². The van der Waals surface area contributed by atoms with Gasteiger partial charge in [0.1, 0.15) is 29.7 Å². The molecule has 0 aliphatic rings. The topological polar surface area (TPSA) is 78.9 Å². The highest BCUT2D eigenvalue weighted by Crippen LogP contribution is 2.22. The third-order valence-corrected chi connectivity index (χ3v) is 5.30. The quantitative estimate of drug-likeness (QED) is 0.428. The fourth-order valence-corrected chi connectivity index (χ4v) is 3.81. The Morgan fingerprint density at radius 1 is 1.15 bits per heavy atom. The lowest BCUT2D eigenvalue weighted by Gasteiger charge is -2.03. The second-order valence-electron chi connectivity index (χ2n) is 5.32. The van der Waals surface area contributed by atoms with Crippen LogP contribution in [0.25, 0.3) is 0 Å². The third-order valence-electron chi connectivity index (χ3n) is 3.44. The number of furan rings is 1. The number of thioether (sulfide) groups is 1. The average molecular weight is 385 g/mol. The first-order valence-electron chi connectivity index (χ1n) is 7.89. The minimum absolute atomic E-state index is 0.468. The van der Waals surface area contributed by atoms with Gasteiger partial charge in [-0.1, -0.05) is 30.0 Å². The number of hydrogen-bond acceptors (Lipinski definition) is 8. The van der Waals surface area contributed by atoms with Crippen molar-refractivity contribution in [2.75, 3.05) is 0 Å². The number of nitrogens with zero attached hydrogens (tertiary/aromatic N) is 5. The Balaban J connectivity index is 1.32. The maximum Gasteiger partial charge on any atom is 0.210 e. The molecule has 4 aromatic rings. The van der Waals surface area contributed by atoms with Gasteiger partial charge in [-0.25, -0.2) is 9.67 Å². The molecule has 0 atom stereocenters. The van der Waals surface area contributed by atoms with Crippen LogP contribution in [0.4, 0.5) is 0 Å². The lowest BCUT2D eigenvalue weighted by molar-refractivity contribution is 0.305. The van der Waals surface area contributed by atoms with Crippen molar-refractivity contribution in [2.45, 2.75) is 24.1 Å². The van der Waals surface area contributed by atoms with E-state index in [0.29, 0.717) is 18.9 Å². The molecule has 3 aromatic heterocycles. The van der Waals surface area contributed by atoms with Crippen LogP contribution in [0.5, 0.6) is 5.75 Å². The smallest absolute Gasteiger partial charge is 0.210 e. The van der Waals surface area contributed by atoms with Gasteiger partial charge < -0.3 is 9.15 Å². The van der Waals surface area contributed by atoms with Gasteiger partial charge in [0.05, 0.1) is 12.0 Å². The molecule has 7 nitrogen and oxygen atoms in total. The second-order valence-corrected chi connectivity index (χ2v) is 7.21. The zero-order valence-electron chi connectivity index (χ0n) is 13.7. The first-order chi connectivity index (χ1) is 12.9. The highest BCUT2D eigenvalue weighted by molar-refractivity contribution is 7.98. The second kappa shape index (κ2) is 8.15. The molecule has 4 rings (SSSR count). The van der Waals surface area contributed by atoms with Crippen molar-refractivity contribution in [2.24, 2.45) is 0 Å². The highest BCUT2D eigenvalue weighted by Gasteiger charge is 2.11. The van der Waals surface area contributed by atoms with Gasteiger partial charge >= 0.3 is 0 Å². The summed E-state index contributed by atoms with van der Waals surface area (Å²) in [5.74, 6) is 2.35. The predicted molar refractivity (Wildman–Crippen MR) is 98.1 cm³/mol. The summed E-state index contributed by atoms with van der Waals surface area (Å²) in [4.78, 5) is 4.61. The number of ether oxygens (including phenoxy) is 1.